The lowest BCUT2D eigenvalue weighted by Gasteiger charge is -2.13. The SMILES string of the molecule is CCCCc1cc(=O)[nH]c(-c2ccc(CN(C)CC)cc2)n1. The fourth-order valence-electron chi connectivity index (χ4n) is 2.32. The van der Waals surface area contributed by atoms with Gasteiger partial charge in [0.1, 0.15) is 5.82 Å². The number of nitrogens with zero attached hydrogens (tertiary/aromatic N) is 2. The van der Waals surface area contributed by atoms with E-state index in [0.717, 1.165) is 43.6 Å². The van der Waals surface area contributed by atoms with Crippen LogP contribution in [0, 0.1) is 0 Å². The predicted molar refractivity (Wildman–Crippen MR) is 90.9 cm³/mol. The molecule has 0 bridgehead atoms. The van der Waals surface area contributed by atoms with E-state index in [2.05, 4.69) is 47.9 Å². The monoisotopic (exact) mass is 299 g/mol. The third kappa shape index (κ3) is 4.53. The first-order valence-corrected chi connectivity index (χ1v) is 8.00. The summed E-state index contributed by atoms with van der Waals surface area (Å²) in [5.41, 5.74) is 3.01. The third-order valence-corrected chi connectivity index (χ3v) is 3.80. The van der Waals surface area contributed by atoms with Gasteiger partial charge in [0, 0.05) is 23.9 Å². The van der Waals surface area contributed by atoms with Gasteiger partial charge in [-0.2, -0.15) is 0 Å². The number of aryl methyl sites for hydroxylation is 1. The largest absolute Gasteiger partial charge is 0.307 e. The van der Waals surface area contributed by atoms with Crippen LogP contribution in [-0.4, -0.2) is 28.5 Å². The van der Waals surface area contributed by atoms with Crippen molar-refractivity contribution in [3.8, 4) is 11.4 Å². The Labute approximate surface area is 132 Å². The number of unbranched alkanes of at least 4 members (excludes halogenated alkanes) is 1. The number of hydrogen-bond acceptors (Lipinski definition) is 3. The molecule has 0 aliphatic rings. The fourth-order valence-corrected chi connectivity index (χ4v) is 2.32. The van der Waals surface area contributed by atoms with Gasteiger partial charge in [-0.1, -0.05) is 44.5 Å². The molecule has 1 heterocycles. The summed E-state index contributed by atoms with van der Waals surface area (Å²) in [6.45, 7) is 6.23. The summed E-state index contributed by atoms with van der Waals surface area (Å²) < 4.78 is 0. The molecule has 2 rings (SSSR count). The van der Waals surface area contributed by atoms with Crippen LogP contribution in [0.3, 0.4) is 0 Å². The number of aromatic nitrogens is 2. The third-order valence-electron chi connectivity index (χ3n) is 3.80. The maximum atomic E-state index is 11.8. The predicted octanol–water partition coefficient (Wildman–Crippen LogP) is 3.23. The van der Waals surface area contributed by atoms with E-state index in [9.17, 15) is 4.79 Å². The molecule has 0 saturated heterocycles. The lowest BCUT2D eigenvalue weighted by atomic mass is 10.1. The lowest BCUT2D eigenvalue weighted by molar-refractivity contribution is 0.346. The summed E-state index contributed by atoms with van der Waals surface area (Å²) in [5.74, 6) is 0.661. The Bertz CT molecular complexity index is 646. The minimum atomic E-state index is -0.0779. The van der Waals surface area contributed by atoms with Gasteiger partial charge in [-0.25, -0.2) is 4.98 Å². The molecule has 0 aliphatic heterocycles. The van der Waals surface area contributed by atoms with Gasteiger partial charge in [-0.05, 0) is 32.0 Å². The van der Waals surface area contributed by atoms with E-state index in [1.165, 1.54) is 5.56 Å². The average Bonchev–Trinajstić information content (AvgIpc) is 2.53. The van der Waals surface area contributed by atoms with E-state index in [1.54, 1.807) is 6.07 Å². The summed E-state index contributed by atoms with van der Waals surface area (Å²) in [6, 6.07) is 9.85. The molecule has 1 aromatic carbocycles. The standard InChI is InChI=1S/C18H25N3O/c1-4-6-7-16-12-17(22)20-18(19-16)15-10-8-14(9-11-15)13-21(3)5-2/h8-12H,4-7,13H2,1-3H3,(H,19,20,22). The number of H-pyrrole nitrogens is 1. The van der Waals surface area contributed by atoms with Crippen LogP contribution in [0.2, 0.25) is 0 Å². The van der Waals surface area contributed by atoms with E-state index in [1.807, 2.05) is 12.1 Å². The van der Waals surface area contributed by atoms with Crippen molar-refractivity contribution in [2.75, 3.05) is 13.6 Å². The zero-order valence-electron chi connectivity index (χ0n) is 13.7. The topological polar surface area (TPSA) is 49.0 Å². The minimum Gasteiger partial charge on any atom is -0.307 e. The first-order valence-electron chi connectivity index (χ1n) is 8.00. The van der Waals surface area contributed by atoms with E-state index in [-0.39, 0.29) is 5.56 Å². The number of hydrogen-bond donors (Lipinski definition) is 1. The Balaban J connectivity index is 2.20. The normalized spacial score (nSPS) is 11.1. The number of nitrogens with one attached hydrogen (secondary N) is 1. The van der Waals surface area contributed by atoms with Crippen molar-refractivity contribution in [1.82, 2.24) is 14.9 Å². The van der Waals surface area contributed by atoms with Crippen LogP contribution < -0.4 is 5.56 Å². The molecule has 0 radical (unpaired) electrons. The smallest absolute Gasteiger partial charge is 0.251 e. The van der Waals surface area contributed by atoms with Crippen LogP contribution >= 0.6 is 0 Å². The molecule has 1 N–H and O–H groups in total. The molecule has 0 unspecified atom stereocenters. The second-order valence-corrected chi connectivity index (χ2v) is 5.72. The lowest BCUT2D eigenvalue weighted by Crippen LogP contribution is -2.16. The van der Waals surface area contributed by atoms with Crippen LogP contribution in [0.5, 0.6) is 0 Å². The quantitative estimate of drug-likeness (QED) is 0.854. The second-order valence-electron chi connectivity index (χ2n) is 5.72. The molecule has 4 nitrogen and oxygen atoms in total. The average molecular weight is 299 g/mol. The maximum Gasteiger partial charge on any atom is 0.251 e. The van der Waals surface area contributed by atoms with Crippen LogP contribution in [-0.2, 0) is 13.0 Å². The molecule has 1 aromatic heterocycles. The first kappa shape index (κ1) is 16.4. The van der Waals surface area contributed by atoms with Gasteiger partial charge >= 0.3 is 0 Å². The van der Waals surface area contributed by atoms with Crippen molar-refractivity contribution in [3.05, 3.63) is 51.9 Å². The summed E-state index contributed by atoms with van der Waals surface area (Å²) in [5, 5.41) is 0. The van der Waals surface area contributed by atoms with Gasteiger partial charge < -0.3 is 9.88 Å². The number of aromatic amines is 1. The van der Waals surface area contributed by atoms with E-state index >= 15 is 0 Å². The molecule has 0 atom stereocenters. The number of benzene rings is 1. The summed E-state index contributed by atoms with van der Waals surface area (Å²) >= 11 is 0. The van der Waals surface area contributed by atoms with Crippen molar-refractivity contribution in [1.29, 1.82) is 0 Å². The van der Waals surface area contributed by atoms with Crippen molar-refractivity contribution in [3.63, 3.8) is 0 Å². The van der Waals surface area contributed by atoms with Gasteiger partial charge in [0.15, 0.2) is 0 Å². The van der Waals surface area contributed by atoms with E-state index in [0.29, 0.717) is 5.82 Å². The zero-order chi connectivity index (χ0) is 15.9. The molecular weight excluding hydrogens is 274 g/mol. The first-order chi connectivity index (χ1) is 10.6. The van der Waals surface area contributed by atoms with Crippen molar-refractivity contribution in [2.24, 2.45) is 0 Å². The minimum absolute atomic E-state index is 0.0779. The van der Waals surface area contributed by atoms with Gasteiger partial charge in [0.2, 0.25) is 0 Å². The van der Waals surface area contributed by atoms with Crippen LogP contribution in [0.1, 0.15) is 37.9 Å². The fraction of sp³-hybridized carbons (Fsp3) is 0.444. The Hall–Kier alpha value is -1.94. The van der Waals surface area contributed by atoms with Gasteiger partial charge in [0.05, 0.1) is 0 Å². The summed E-state index contributed by atoms with van der Waals surface area (Å²) in [7, 11) is 2.10. The van der Waals surface area contributed by atoms with E-state index in [4.69, 9.17) is 0 Å². The molecule has 22 heavy (non-hydrogen) atoms. The highest BCUT2D eigenvalue weighted by molar-refractivity contribution is 5.55. The second kappa shape index (κ2) is 7.90. The molecule has 4 heteroatoms. The van der Waals surface area contributed by atoms with Crippen LogP contribution in [0.25, 0.3) is 11.4 Å². The van der Waals surface area contributed by atoms with Crippen LogP contribution in [0.15, 0.2) is 35.1 Å². The molecular formula is C18H25N3O. The van der Waals surface area contributed by atoms with Gasteiger partial charge in [-0.3, -0.25) is 4.79 Å². The molecule has 118 valence electrons. The Morgan fingerprint density at radius 2 is 1.91 bits per heavy atom. The van der Waals surface area contributed by atoms with Gasteiger partial charge in [0.25, 0.3) is 5.56 Å². The maximum absolute atomic E-state index is 11.8. The Kier molecular flexibility index (Phi) is 5.90. The highest BCUT2D eigenvalue weighted by Gasteiger charge is 2.05. The van der Waals surface area contributed by atoms with Crippen molar-refractivity contribution < 1.29 is 0 Å². The summed E-state index contributed by atoms with van der Waals surface area (Å²) in [6.07, 6.45) is 3.01. The molecule has 0 spiro atoms. The van der Waals surface area contributed by atoms with Crippen molar-refractivity contribution >= 4 is 0 Å². The molecule has 0 amide bonds. The Morgan fingerprint density at radius 3 is 2.55 bits per heavy atom. The zero-order valence-corrected chi connectivity index (χ0v) is 13.7. The highest BCUT2D eigenvalue weighted by Crippen LogP contribution is 2.16. The van der Waals surface area contributed by atoms with E-state index < -0.39 is 0 Å². The van der Waals surface area contributed by atoms with Crippen molar-refractivity contribution in [2.45, 2.75) is 39.7 Å². The highest BCUT2D eigenvalue weighted by atomic mass is 16.1. The molecule has 0 aliphatic carbocycles. The Morgan fingerprint density at radius 1 is 1.18 bits per heavy atom. The number of rotatable bonds is 7. The summed E-state index contributed by atoms with van der Waals surface area (Å²) in [4.78, 5) is 21.5. The molecule has 0 fully saturated rings. The van der Waals surface area contributed by atoms with Crippen LogP contribution in [0.4, 0.5) is 0 Å². The van der Waals surface area contributed by atoms with Gasteiger partial charge in [-0.15, -0.1) is 0 Å². The molecule has 0 saturated carbocycles. The molecule has 2 aromatic rings.